The highest BCUT2D eigenvalue weighted by Gasteiger charge is 2.32. The average molecular weight is 224 g/mol. The quantitative estimate of drug-likeness (QED) is 0.717. The lowest BCUT2D eigenvalue weighted by atomic mass is 10.1. The van der Waals surface area contributed by atoms with Crippen LogP contribution in [-0.4, -0.2) is 42.3 Å². The van der Waals surface area contributed by atoms with Crippen molar-refractivity contribution in [2.75, 3.05) is 19.6 Å². The standard InChI is InChI=1S/C12H20N2O2/c1-5-6-7-13-10-8-14(9-10)11(15)16-12(2,3)4/h10,13H,7-9H2,1-4H3. The van der Waals surface area contributed by atoms with Crippen molar-refractivity contribution in [1.29, 1.82) is 0 Å². The molecule has 0 aromatic carbocycles. The SMILES string of the molecule is CC#CCNC1CN(C(=O)OC(C)(C)C)C1. The molecule has 16 heavy (non-hydrogen) atoms. The van der Waals surface area contributed by atoms with Crippen LogP contribution in [0.4, 0.5) is 4.79 Å². The Bertz CT molecular complexity index is 303. The third-order valence-electron chi connectivity index (χ3n) is 2.19. The lowest BCUT2D eigenvalue weighted by molar-refractivity contribution is 0.00575. The Morgan fingerprint density at radius 1 is 1.50 bits per heavy atom. The van der Waals surface area contributed by atoms with Crippen LogP contribution in [0.25, 0.3) is 0 Å². The number of nitrogens with one attached hydrogen (secondary N) is 1. The number of ether oxygens (including phenoxy) is 1. The van der Waals surface area contributed by atoms with Gasteiger partial charge in [0.15, 0.2) is 0 Å². The van der Waals surface area contributed by atoms with Crippen molar-refractivity contribution in [2.45, 2.75) is 39.3 Å². The molecule has 1 rings (SSSR count). The maximum absolute atomic E-state index is 11.6. The first-order chi connectivity index (χ1) is 7.42. The van der Waals surface area contributed by atoms with E-state index in [0.29, 0.717) is 25.7 Å². The van der Waals surface area contributed by atoms with Crippen LogP contribution in [0, 0.1) is 11.8 Å². The Labute approximate surface area is 97.3 Å². The summed E-state index contributed by atoms with van der Waals surface area (Å²) in [6.45, 7) is 9.53. The van der Waals surface area contributed by atoms with Crippen LogP contribution in [0.15, 0.2) is 0 Å². The summed E-state index contributed by atoms with van der Waals surface area (Å²) in [4.78, 5) is 13.3. The fraction of sp³-hybridized carbons (Fsp3) is 0.750. The number of carbonyl (C=O) groups excluding carboxylic acids is 1. The molecule has 1 saturated heterocycles. The molecule has 1 heterocycles. The molecular formula is C12H20N2O2. The highest BCUT2D eigenvalue weighted by atomic mass is 16.6. The molecule has 0 radical (unpaired) electrons. The third-order valence-corrected chi connectivity index (χ3v) is 2.19. The topological polar surface area (TPSA) is 41.6 Å². The van der Waals surface area contributed by atoms with Gasteiger partial charge in [0.25, 0.3) is 0 Å². The average Bonchev–Trinajstić information content (AvgIpc) is 2.05. The van der Waals surface area contributed by atoms with Crippen molar-refractivity contribution in [2.24, 2.45) is 0 Å². The van der Waals surface area contributed by atoms with Crippen LogP contribution >= 0.6 is 0 Å². The molecule has 0 saturated carbocycles. The van der Waals surface area contributed by atoms with E-state index in [1.165, 1.54) is 0 Å². The summed E-state index contributed by atoms with van der Waals surface area (Å²) in [7, 11) is 0. The van der Waals surface area contributed by atoms with Crippen molar-refractivity contribution < 1.29 is 9.53 Å². The lowest BCUT2D eigenvalue weighted by Crippen LogP contribution is -2.60. The smallest absolute Gasteiger partial charge is 0.410 e. The Balaban J connectivity index is 2.19. The second-order valence-corrected chi connectivity index (χ2v) is 4.89. The van der Waals surface area contributed by atoms with Crippen molar-refractivity contribution in [3.05, 3.63) is 0 Å². The largest absolute Gasteiger partial charge is 0.444 e. The van der Waals surface area contributed by atoms with Gasteiger partial charge in [0.2, 0.25) is 0 Å². The maximum atomic E-state index is 11.6. The second kappa shape index (κ2) is 5.22. The summed E-state index contributed by atoms with van der Waals surface area (Å²) in [6, 6.07) is 0.355. The Morgan fingerprint density at radius 3 is 2.62 bits per heavy atom. The number of rotatable bonds is 2. The van der Waals surface area contributed by atoms with Crippen LogP contribution in [0.5, 0.6) is 0 Å². The molecule has 4 nitrogen and oxygen atoms in total. The Kier molecular flexibility index (Phi) is 4.19. The van der Waals surface area contributed by atoms with Gasteiger partial charge in [-0.05, 0) is 27.7 Å². The molecule has 1 aliphatic rings. The number of hydrogen-bond donors (Lipinski definition) is 1. The van der Waals surface area contributed by atoms with Gasteiger partial charge < -0.3 is 9.64 Å². The van der Waals surface area contributed by atoms with E-state index in [4.69, 9.17) is 4.74 Å². The minimum Gasteiger partial charge on any atom is -0.444 e. The molecule has 0 aliphatic carbocycles. The predicted molar refractivity (Wildman–Crippen MR) is 63.0 cm³/mol. The number of hydrogen-bond acceptors (Lipinski definition) is 3. The molecule has 0 atom stereocenters. The third kappa shape index (κ3) is 4.11. The monoisotopic (exact) mass is 224 g/mol. The minimum absolute atomic E-state index is 0.230. The fourth-order valence-corrected chi connectivity index (χ4v) is 1.37. The summed E-state index contributed by atoms with van der Waals surface area (Å²) in [6.07, 6.45) is -0.230. The van der Waals surface area contributed by atoms with Gasteiger partial charge in [-0.25, -0.2) is 4.79 Å². The molecular weight excluding hydrogens is 204 g/mol. The summed E-state index contributed by atoms with van der Waals surface area (Å²) in [5.41, 5.74) is -0.413. The van der Waals surface area contributed by atoms with Gasteiger partial charge in [0.1, 0.15) is 5.60 Å². The molecule has 1 fully saturated rings. The lowest BCUT2D eigenvalue weighted by Gasteiger charge is -2.39. The Hall–Kier alpha value is -1.21. The first-order valence-corrected chi connectivity index (χ1v) is 5.53. The number of likely N-dealkylation sites (tertiary alicyclic amines) is 1. The van der Waals surface area contributed by atoms with Crippen LogP contribution < -0.4 is 5.32 Å². The van der Waals surface area contributed by atoms with Gasteiger partial charge in [-0.2, -0.15) is 0 Å². The van der Waals surface area contributed by atoms with Gasteiger partial charge in [0.05, 0.1) is 6.54 Å². The van der Waals surface area contributed by atoms with E-state index in [2.05, 4.69) is 17.2 Å². The van der Waals surface area contributed by atoms with E-state index in [9.17, 15) is 4.79 Å². The number of amides is 1. The van der Waals surface area contributed by atoms with Gasteiger partial charge in [0, 0.05) is 19.1 Å². The molecule has 0 aromatic rings. The van der Waals surface area contributed by atoms with Crippen molar-refractivity contribution in [3.8, 4) is 11.8 Å². The van der Waals surface area contributed by atoms with E-state index < -0.39 is 5.60 Å². The van der Waals surface area contributed by atoms with E-state index in [0.717, 1.165) is 0 Å². The first-order valence-electron chi connectivity index (χ1n) is 5.53. The molecule has 1 N–H and O–H groups in total. The van der Waals surface area contributed by atoms with Crippen molar-refractivity contribution >= 4 is 6.09 Å². The van der Waals surface area contributed by atoms with E-state index in [1.807, 2.05) is 27.7 Å². The highest BCUT2D eigenvalue weighted by Crippen LogP contribution is 2.14. The van der Waals surface area contributed by atoms with Crippen LogP contribution in [-0.2, 0) is 4.74 Å². The highest BCUT2D eigenvalue weighted by molar-refractivity contribution is 5.69. The first kappa shape index (κ1) is 12.9. The minimum atomic E-state index is -0.413. The zero-order valence-corrected chi connectivity index (χ0v) is 10.5. The molecule has 0 spiro atoms. The summed E-state index contributed by atoms with van der Waals surface area (Å²) < 4.78 is 5.25. The molecule has 90 valence electrons. The zero-order chi connectivity index (χ0) is 12.2. The van der Waals surface area contributed by atoms with Gasteiger partial charge >= 0.3 is 6.09 Å². The van der Waals surface area contributed by atoms with Crippen LogP contribution in [0.3, 0.4) is 0 Å². The number of carbonyl (C=O) groups is 1. The molecule has 0 bridgehead atoms. The molecule has 0 aromatic heterocycles. The molecule has 0 unspecified atom stereocenters. The summed E-state index contributed by atoms with van der Waals surface area (Å²) in [5.74, 6) is 5.75. The number of nitrogens with zero attached hydrogens (tertiary/aromatic N) is 1. The summed E-state index contributed by atoms with van der Waals surface area (Å²) in [5, 5.41) is 3.24. The maximum Gasteiger partial charge on any atom is 0.410 e. The molecule has 4 heteroatoms. The van der Waals surface area contributed by atoms with Gasteiger partial charge in [-0.3, -0.25) is 5.32 Å². The van der Waals surface area contributed by atoms with Crippen molar-refractivity contribution in [3.63, 3.8) is 0 Å². The van der Waals surface area contributed by atoms with Gasteiger partial charge in [-0.1, -0.05) is 5.92 Å². The van der Waals surface area contributed by atoms with E-state index in [1.54, 1.807) is 4.90 Å². The molecule has 1 aliphatic heterocycles. The van der Waals surface area contributed by atoms with Crippen molar-refractivity contribution in [1.82, 2.24) is 10.2 Å². The summed E-state index contributed by atoms with van der Waals surface area (Å²) >= 11 is 0. The second-order valence-electron chi connectivity index (χ2n) is 4.89. The van der Waals surface area contributed by atoms with Gasteiger partial charge in [-0.15, -0.1) is 5.92 Å². The zero-order valence-electron chi connectivity index (χ0n) is 10.5. The predicted octanol–water partition coefficient (Wildman–Crippen LogP) is 1.22. The van der Waals surface area contributed by atoms with Crippen LogP contribution in [0.2, 0.25) is 0 Å². The normalized spacial score (nSPS) is 16.1. The van der Waals surface area contributed by atoms with E-state index >= 15 is 0 Å². The van der Waals surface area contributed by atoms with Crippen LogP contribution in [0.1, 0.15) is 27.7 Å². The fourth-order valence-electron chi connectivity index (χ4n) is 1.37. The van der Waals surface area contributed by atoms with E-state index in [-0.39, 0.29) is 6.09 Å². The Morgan fingerprint density at radius 2 is 2.12 bits per heavy atom. The molecule has 1 amide bonds.